The zero-order chi connectivity index (χ0) is 19.6. The Hall–Kier alpha value is -2.18. The first-order chi connectivity index (χ1) is 12.9. The summed E-state index contributed by atoms with van der Waals surface area (Å²) in [5, 5.41) is 2.80. The van der Waals surface area contributed by atoms with E-state index in [0.717, 1.165) is 12.8 Å². The molecular formula is C20H22ClNO4S. The van der Waals surface area contributed by atoms with Crippen molar-refractivity contribution in [2.24, 2.45) is 0 Å². The molecule has 144 valence electrons. The van der Waals surface area contributed by atoms with Crippen molar-refractivity contribution in [3.05, 3.63) is 57.2 Å². The van der Waals surface area contributed by atoms with E-state index in [9.17, 15) is 14.4 Å². The molecule has 0 saturated carbocycles. The average Bonchev–Trinajstić information content (AvgIpc) is 3.10. The van der Waals surface area contributed by atoms with Crippen LogP contribution in [-0.2, 0) is 20.7 Å². The second-order valence-corrected chi connectivity index (χ2v) is 7.90. The summed E-state index contributed by atoms with van der Waals surface area (Å²) in [4.78, 5) is 36.0. The van der Waals surface area contributed by atoms with Crippen LogP contribution in [0.25, 0.3) is 0 Å². The Balaban J connectivity index is 1.61. The maximum absolute atomic E-state index is 11.9. The number of hydrogen-bond acceptors (Lipinski definition) is 5. The Morgan fingerprint density at radius 2 is 1.85 bits per heavy atom. The van der Waals surface area contributed by atoms with Crippen molar-refractivity contribution in [1.29, 1.82) is 0 Å². The van der Waals surface area contributed by atoms with Crippen LogP contribution in [0.2, 0.25) is 4.34 Å². The average molecular weight is 408 g/mol. The highest BCUT2D eigenvalue weighted by Gasteiger charge is 2.14. The second-order valence-electron chi connectivity index (χ2n) is 6.18. The first-order valence-electron chi connectivity index (χ1n) is 8.71. The molecule has 0 bridgehead atoms. The van der Waals surface area contributed by atoms with E-state index in [2.05, 4.69) is 5.32 Å². The highest BCUT2D eigenvalue weighted by molar-refractivity contribution is 7.18. The van der Waals surface area contributed by atoms with Crippen molar-refractivity contribution in [3.8, 4) is 0 Å². The first kappa shape index (κ1) is 21.1. The van der Waals surface area contributed by atoms with Crippen molar-refractivity contribution in [2.45, 2.75) is 38.6 Å². The van der Waals surface area contributed by atoms with E-state index in [4.69, 9.17) is 16.3 Å². The van der Waals surface area contributed by atoms with Gasteiger partial charge in [-0.3, -0.25) is 14.4 Å². The lowest BCUT2D eigenvalue weighted by molar-refractivity contribution is -0.148. The number of aryl methyl sites for hydroxylation is 1. The highest BCUT2D eigenvalue weighted by atomic mass is 35.5. The second kappa shape index (κ2) is 10.8. The number of amides is 1. The molecule has 7 heteroatoms. The van der Waals surface area contributed by atoms with Crippen LogP contribution in [0.3, 0.4) is 0 Å². The molecule has 0 radical (unpaired) electrons. The minimum absolute atomic E-state index is 0.0263. The molecule has 0 unspecified atom stereocenters. The third-order valence-corrected chi connectivity index (χ3v) is 5.16. The van der Waals surface area contributed by atoms with Gasteiger partial charge in [-0.25, -0.2) is 0 Å². The molecule has 1 aromatic heterocycles. The molecule has 2 aromatic rings. The topological polar surface area (TPSA) is 72.5 Å². The molecule has 5 nitrogen and oxygen atoms in total. The number of ether oxygens (including phenoxy) is 1. The van der Waals surface area contributed by atoms with Gasteiger partial charge in [0, 0.05) is 12.5 Å². The largest absolute Gasteiger partial charge is 0.456 e. The van der Waals surface area contributed by atoms with Crippen LogP contribution in [0.1, 0.15) is 41.4 Å². The predicted molar refractivity (Wildman–Crippen MR) is 106 cm³/mol. The molecule has 1 heterocycles. The van der Waals surface area contributed by atoms with E-state index in [1.807, 2.05) is 37.3 Å². The fourth-order valence-corrected chi connectivity index (χ4v) is 3.45. The SMILES string of the molecule is C[C@@H](CCc1ccccc1)NC(=O)COC(=O)CCC(=O)c1ccc(Cl)s1. The van der Waals surface area contributed by atoms with Gasteiger partial charge in [0.2, 0.25) is 0 Å². The molecule has 1 amide bonds. The van der Waals surface area contributed by atoms with Crippen LogP contribution >= 0.6 is 22.9 Å². The minimum atomic E-state index is -0.571. The summed E-state index contributed by atoms with van der Waals surface area (Å²) in [7, 11) is 0. The van der Waals surface area contributed by atoms with Gasteiger partial charge >= 0.3 is 5.97 Å². The fraction of sp³-hybridized carbons (Fsp3) is 0.350. The molecule has 0 saturated heterocycles. The minimum Gasteiger partial charge on any atom is -0.456 e. The van der Waals surface area contributed by atoms with Crippen LogP contribution in [0.5, 0.6) is 0 Å². The maximum Gasteiger partial charge on any atom is 0.306 e. The van der Waals surface area contributed by atoms with Crippen molar-refractivity contribution in [3.63, 3.8) is 0 Å². The number of esters is 1. The lowest BCUT2D eigenvalue weighted by Crippen LogP contribution is -2.36. The van der Waals surface area contributed by atoms with Gasteiger partial charge in [0.15, 0.2) is 12.4 Å². The number of thiophene rings is 1. The number of nitrogens with one attached hydrogen (secondary N) is 1. The Morgan fingerprint density at radius 3 is 2.52 bits per heavy atom. The summed E-state index contributed by atoms with van der Waals surface area (Å²) in [5.41, 5.74) is 1.21. The molecule has 0 fully saturated rings. The van der Waals surface area contributed by atoms with Gasteiger partial charge in [0.1, 0.15) is 0 Å². The summed E-state index contributed by atoms with van der Waals surface area (Å²) in [6.07, 6.45) is 1.62. The van der Waals surface area contributed by atoms with Gasteiger partial charge in [-0.05, 0) is 37.5 Å². The Labute approximate surface area is 167 Å². The molecule has 1 N–H and O–H groups in total. The third kappa shape index (κ3) is 7.93. The quantitative estimate of drug-likeness (QED) is 0.476. The lowest BCUT2D eigenvalue weighted by Gasteiger charge is -2.14. The number of carbonyl (C=O) groups is 3. The van der Waals surface area contributed by atoms with Crippen LogP contribution in [0.15, 0.2) is 42.5 Å². The first-order valence-corrected chi connectivity index (χ1v) is 9.91. The fourth-order valence-electron chi connectivity index (χ4n) is 2.44. The van der Waals surface area contributed by atoms with Gasteiger partial charge in [0.05, 0.1) is 15.6 Å². The Kier molecular flexibility index (Phi) is 8.48. The van der Waals surface area contributed by atoms with E-state index in [1.165, 1.54) is 16.9 Å². The normalized spacial score (nSPS) is 11.6. The van der Waals surface area contributed by atoms with Crippen LogP contribution in [0, 0.1) is 0 Å². The van der Waals surface area contributed by atoms with E-state index < -0.39 is 5.97 Å². The lowest BCUT2D eigenvalue weighted by atomic mass is 10.1. The number of Topliss-reactive ketones (excluding diaryl/α,β-unsaturated/α-hetero) is 1. The molecule has 0 spiro atoms. The number of ketones is 1. The summed E-state index contributed by atoms with van der Waals surface area (Å²) < 4.78 is 5.46. The predicted octanol–water partition coefficient (Wildman–Crippen LogP) is 4.05. The zero-order valence-corrected chi connectivity index (χ0v) is 16.6. The van der Waals surface area contributed by atoms with Crippen LogP contribution in [0.4, 0.5) is 0 Å². The molecule has 0 aliphatic carbocycles. The Bertz CT molecular complexity index is 775. The van der Waals surface area contributed by atoms with Crippen molar-refractivity contribution >= 4 is 40.6 Å². The van der Waals surface area contributed by atoms with E-state index in [-0.39, 0.29) is 37.2 Å². The highest BCUT2D eigenvalue weighted by Crippen LogP contribution is 2.22. The van der Waals surface area contributed by atoms with Crippen molar-refractivity contribution < 1.29 is 19.1 Å². The van der Waals surface area contributed by atoms with E-state index in [1.54, 1.807) is 12.1 Å². The molecule has 1 aromatic carbocycles. The summed E-state index contributed by atoms with van der Waals surface area (Å²) in [6.45, 7) is 1.57. The van der Waals surface area contributed by atoms with Crippen molar-refractivity contribution in [2.75, 3.05) is 6.61 Å². The summed E-state index contributed by atoms with van der Waals surface area (Å²) in [6, 6.07) is 13.3. The van der Waals surface area contributed by atoms with Gasteiger partial charge in [-0.15, -0.1) is 11.3 Å². The van der Waals surface area contributed by atoms with E-state index >= 15 is 0 Å². The number of rotatable bonds is 10. The zero-order valence-electron chi connectivity index (χ0n) is 15.1. The molecule has 1 atom stereocenters. The van der Waals surface area contributed by atoms with Crippen LogP contribution < -0.4 is 5.32 Å². The summed E-state index contributed by atoms with van der Waals surface area (Å²) >= 11 is 6.96. The summed E-state index contributed by atoms with van der Waals surface area (Å²) in [5.74, 6) is -1.08. The monoisotopic (exact) mass is 407 g/mol. The third-order valence-electron chi connectivity index (χ3n) is 3.88. The molecule has 0 aliphatic rings. The van der Waals surface area contributed by atoms with E-state index in [0.29, 0.717) is 9.21 Å². The number of carbonyl (C=O) groups excluding carboxylic acids is 3. The Morgan fingerprint density at radius 1 is 1.11 bits per heavy atom. The molecule has 2 rings (SSSR count). The van der Waals surface area contributed by atoms with Crippen LogP contribution in [-0.4, -0.2) is 30.3 Å². The van der Waals surface area contributed by atoms with Crippen molar-refractivity contribution in [1.82, 2.24) is 5.32 Å². The standard InChI is InChI=1S/C20H22ClNO4S/c1-14(7-8-15-5-3-2-4-6-15)22-19(24)13-26-20(25)12-9-16(23)17-10-11-18(21)27-17/h2-6,10-11,14H,7-9,12-13H2,1H3,(H,22,24)/t14-/m0/s1. The smallest absolute Gasteiger partial charge is 0.306 e. The van der Waals surface area contributed by atoms with Gasteiger partial charge in [0.25, 0.3) is 5.91 Å². The van der Waals surface area contributed by atoms with Gasteiger partial charge < -0.3 is 10.1 Å². The molecule has 27 heavy (non-hydrogen) atoms. The molecule has 0 aliphatic heterocycles. The maximum atomic E-state index is 11.9. The van der Waals surface area contributed by atoms with Gasteiger partial charge in [-0.1, -0.05) is 41.9 Å². The van der Waals surface area contributed by atoms with Gasteiger partial charge in [-0.2, -0.15) is 0 Å². The number of halogens is 1. The number of benzene rings is 1. The number of hydrogen-bond donors (Lipinski definition) is 1. The molecular weight excluding hydrogens is 386 g/mol.